The fourth-order valence-corrected chi connectivity index (χ4v) is 2.95. The van der Waals surface area contributed by atoms with Crippen molar-refractivity contribution in [1.29, 1.82) is 0 Å². The summed E-state index contributed by atoms with van der Waals surface area (Å²) in [5, 5.41) is 5.55. The maximum atomic E-state index is 5.56. The lowest BCUT2D eigenvalue weighted by Gasteiger charge is -1.97. The van der Waals surface area contributed by atoms with E-state index in [1.165, 1.54) is 4.88 Å². The van der Waals surface area contributed by atoms with Gasteiger partial charge in [0.05, 0.1) is 5.56 Å². The molecule has 19 heavy (non-hydrogen) atoms. The van der Waals surface area contributed by atoms with Crippen molar-refractivity contribution in [3.8, 4) is 10.6 Å². The topological polar surface area (TPSA) is 38.1 Å². The number of benzene rings is 1. The van der Waals surface area contributed by atoms with E-state index in [9.17, 15) is 0 Å². The van der Waals surface area contributed by atoms with E-state index in [0.717, 1.165) is 41.1 Å². The molecule has 0 radical (unpaired) electrons. The highest BCUT2D eigenvalue weighted by Gasteiger charge is 2.11. The molecule has 0 unspecified atom stereocenters. The van der Waals surface area contributed by atoms with Gasteiger partial charge < -0.3 is 9.73 Å². The first-order chi connectivity index (χ1) is 9.38. The zero-order valence-corrected chi connectivity index (χ0v) is 11.7. The average molecular weight is 272 g/mol. The molecule has 1 N–H and O–H groups in total. The summed E-state index contributed by atoms with van der Waals surface area (Å²) >= 11 is 1.72. The second-order valence-electron chi connectivity index (χ2n) is 4.45. The van der Waals surface area contributed by atoms with Gasteiger partial charge in [0.1, 0.15) is 16.9 Å². The molecule has 3 rings (SSSR count). The van der Waals surface area contributed by atoms with Crippen LogP contribution in [0.1, 0.15) is 18.2 Å². The number of rotatable bonds is 5. The number of aromatic nitrogens is 1. The van der Waals surface area contributed by atoms with Crippen LogP contribution in [0, 0.1) is 0 Å². The van der Waals surface area contributed by atoms with Gasteiger partial charge in [0.15, 0.2) is 0 Å². The summed E-state index contributed by atoms with van der Waals surface area (Å²) in [5.41, 5.74) is 2.00. The number of fused-ring (bicyclic) bond motifs is 1. The highest BCUT2D eigenvalue weighted by atomic mass is 32.1. The van der Waals surface area contributed by atoms with Crippen LogP contribution in [0.4, 0.5) is 0 Å². The molecule has 0 saturated carbocycles. The van der Waals surface area contributed by atoms with E-state index in [1.807, 2.05) is 24.4 Å². The van der Waals surface area contributed by atoms with Gasteiger partial charge in [-0.05, 0) is 19.0 Å². The van der Waals surface area contributed by atoms with Gasteiger partial charge in [-0.1, -0.05) is 25.1 Å². The first-order valence-electron chi connectivity index (χ1n) is 6.50. The monoisotopic (exact) mass is 272 g/mol. The maximum Gasteiger partial charge on any atom is 0.134 e. The standard InChI is InChI=1S/C15H16N2OS/c1-2-7-16-8-11-9-17-15(19-11)13-10-18-14-6-4-3-5-12(13)14/h3-6,9-10,16H,2,7-8H2,1H3. The van der Waals surface area contributed by atoms with Crippen LogP contribution < -0.4 is 5.32 Å². The Hall–Kier alpha value is -1.65. The molecule has 0 amide bonds. The molecule has 0 aliphatic heterocycles. The molecule has 0 bridgehead atoms. The van der Waals surface area contributed by atoms with Gasteiger partial charge in [-0.25, -0.2) is 4.98 Å². The number of nitrogens with zero attached hydrogens (tertiary/aromatic N) is 1. The Bertz CT molecular complexity index is 671. The maximum absolute atomic E-state index is 5.56. The van der Waals surface area contributed by atoms with Crippen molar-refractivity contribution in [3.05, 3.63) is 41.6 Å². The fourth-order valence-electron chi connectivity index (χ4n) is 2.05. The van der Waals surface area contributed by atoms with E-state index in [0.29, 0.717) is 0 Å². The van der Waals surface area contributed by atoms with E-state index in [2.05, 4.69) is 23.3 Å². The summed E-state index contributed by atoms with van der Waals surface area (Å²) in [4.78, 5) is 5.76. The number of hydrogen-bond acceptors (Lipinski definition) is 4. The molecule has 0 aliphatic rings. The van der Waals surface area contributed by atoms with Gasteiger partial charge in [-0.15, -0.1) is 11.3 Å². The normalized spacial score (nSPS) is 11.2. The summed E-state index contributed by atoms with van der Waals surface area (Å²) in [6.45, 7) is 4.10. The number of para-hydroxylation sites is 1. The molecule has 0 saturated heterocycles. The average Bonchev–Trinajstić information content (AvgIpc) is 3.05. The number of nitrogens with one attached hydrogen (secondary N) is 1. The molecular formula is C15H16N2OS. The minimum Gasteiger partial charge on any atom is -0.464 e. The fraction of sp³-hybridized carbons (Fsp3) is 0.267. The molecule has 0 spiro atoms. The van der Waals surface area contributed by atoms with E-state index < -0.39 is 0 Å². The number of furan rings is 1. The minimum absolute atomic E-state index is 0.890. The minimum atomic E-state index is 0.890. The molecule has 0 atom stereocenters. The third-order valence-corrected chi connectivity index (χ3v) is 4.02. The Kier molecular flexibility index (Phi) is 3.62. The third-order valence-electron chi connectivity index (χ3n) is 2.99. The van der Waals surface area contributed by atoms with Crippen LogP contribution in [-0.2, 0) is 6.54 Å². The second kappa shape index (κ2) is 5.55. The molecule has 0 fully saturated rings. The Morgan fingerprint density at radius 3 is 3.11 bits per heavy atom. The van der Waals surface area contributed by atoms with Crippen LogP contribution in [0.5, 0.6) is 0 Å². The summed E-state index contributed by atoms with van der Waals surface area (Å²) in [7, 11) is 0. The van der Waals surface area contributed by atoms with Crippen molar-refractivity contribution in [3.63, 3.8) is 0 Å². The van der Waals surface area contributed by atoms with Crippen molar-refractivity contribution in [2.75, 3.05) is 6.54 Å². The first kappa shape index (κ1) is 12.4. The van der Waals surface area contributed by atoms with Crippen molar-refractivity contribution in [2.24, 2.45) is 0 Å². The lowest BCUT2D eigenvalue weighted by atomic mass is 10.2. The van der Waals surface area contributed by atoms with Crippen LogP contribution in [0.25, 0.3) is 21.5 Å². The Labute approximate surface area is 116 Å². The van der Waals surface area contributed by atoms with E-state index in [-0.39, 0.29) is 0 Å². The van der Waals surface area contributed by atoms with Gasteiger partial charge in [-0.3, -0.25) is 0 Å². The molecule has 2 heterocycles. The molecule has 4 heteroatoms. The quantitative estimate of drug-likeness (QED) is 0.712. The third kappa shape index (κ3) is 2.55. The van der Waals surface area contributed by atoms with E-state index >= 15 is 0 Å². The zero-order valence-electron chi connectivity index (χ0n) is 10.8. The summed E-state index contributed by atoms with van der Waals surface area (Å²) in [6.07, 6.45) is 4.90. The molecule has 0 aliphatic carbocycles. The van der Waals surface area contributed by atoms with Gasteiger partial charge in [0, 0.05) is 23.0 Å². The summed E-state index contributed by atoms with van der Waals surface area (Å²) in [5.74, 6) is 0. The van der Waals surface area contributed by atoms with Gasteiger partial charge in [-0.2, -0.15) is 0 Å². The van der Waals surface area contributed by atoms with Crippen LogP contribution in [-0.4, -0.2) is 11.5 Å². The lowest BCUT2D eigenvalue weighted by Crippen LogP contribution is -2.12. The molecule has 3 nitrogen and oxygen atoms in total. The van der Waals surface area contributed by atoms with Crippen molar-refractivity contribution in [2.45, 2.75) is 19.9 Å². The van der Waals surface area contributed by atoms with Crippen LogP contribution in [0.3, 0.4) is 0 Å². The predicted molar refractivity (Wildman–Crippen MR) is 79.3 cm³/mol. The Morgan fingerprint density at radius 1 is 1.32 bits per heavy atom. The van der Waals surface area contributed by atoms with Crippen LogP contribution >= 0.6 is 11.3 Å². The number of hydrogen-bond donors (Lipinski definition) is 1. The largest absolute Gasteiger partial charge is 0.464 e. The van der Waals surface area contributed by atoms with Gasteiger partial charge >= 0.3 is 0 Å². The first-order valence-corrected chi connectivity index (χ1v) is 7.32. The Balaban J connectivity index is 1.86. The molecule has 3 aromatic rings. The molecule has 1 aromatic carbocycles. The second-order valence-corrected chi connectivity index (χ2v) is 5.57. The summed E-state index contributed by atoms with van der Waals surface area (Å²) < 4.78 is 5.56. The van der Waals surface area contributed by atoms with Crippen molar-refractivity contribution >= 4 is 22.3 Å². The van der Waals surface area contributed by atoms with E-state index in [1.54, 1.807) is 17.6 Å². The van der Waals surface area contributed by atoms with Crippen molar-refractivity contribution < 1.29 is 4.42 Å². The van der Waals surface area contributed by atoms with Crippen molar-refractivity contribution in [1.82, 2.24) is 10.3 Å². The summed E-state index contributed by atoms with van der Waals surface area (Å²) in [6, 6.07) is 8.07. The molecule has 2 aromatic heterocycles. The number of thiazole rings is 1. The highest BCUT2D eigenvalue weighted by Crippen LogP contribution is 2.32. The molecular weight excluding hydrogens is 256 g/mol. The highest BCUT2D eigenvalue weighted by molar-refractivity contribution is 7.15. The Morgan fingerprint density at radius 2 is 2.21 bits per heavy atom. The van der Waals surface area contributed by atoms with Crippen LogP contribution in [0.2, 0.25) is 0 Å². The lowest BCUT2D eigenvalue weighted by molar-refractivity contribution is 0.617. The van der Waals surface area contributed by atoms with Gasteiger partial charge in [0.25, 0.3) is 0 Å². The van der Waals surface area contributed by atoms with Gasteiger partial charge in [0.2, 0.25) is 0 Å². The smallest absolute Gasteiger partial charge is 0.134 e. The van der Waals surface area contributed by atoms with Crippen LogP contribution in [0.15, 0.2) is 41.1 Å². The molecule has 98 valence electrons. The predicted octanol–water partition coefficient (Wildman–Crippen LogP) is 4.06. The zero-order chi connectivity index (χ0) is 13.1. The van der Waals surface area contributed by atoms with E-state index in [4.69, 9.17) is 4.42 Å². The SMILES string of the molecule is CCCNCc1cnc(-c2coc3ccccc23)s1.